The van der Waals surface area contributed by atoms with Crippen molar-refractivity contribution in [2.75, 3.05) is 19.6 Å². The fraction of sp³-hybridized carbons (Fsp3) is 1.00. The van der Waals surface area contributed by atoms with Crippen LogP contribution in [0, 0.1) is 5.92 Å². The Balaban J connectivity index is 2.16. The number of likely N-dealkylation sites (tertiary alicyclic amines) is 1. The van der Waals surface area contributed by atoms with Gasteiger partial charge in [0.25, 0.3) is 0 Å². The van der Waals surface area contributed by atoms with E-state index in [9.17, 15) is 0 Å². The fourth-order valence-electron chi connectivity index (χ4n) is 3.94. The number of likely N-dealkylation sites (N-methyl/N-ethyl adjacent to an activating group) is 1. The summed E-state index contributed by atoms with van der Waals surface area (Å²) in [6.45, 7) is 10.8. The van der Waals surface area contributed by atoms with Crippen LogP contribution >= 0.6 is 0 Å². The van der Waals surface area contributed by atoms with Crippen molar-refractivity contribution in [1.82, 2.24) is 10.2 Å². The maximum absolute atomic E-state index is 3.82. The van der Waals surface area contributed by atoms with Gasteiger partial charge < -0.3 is 5.32 Å². The smallest absolute Gasteiger partial charge is 0.0359 e. The zero-order valence-electron chi connectivity index (χ0n) is 12.0. The average Bonchev–Trinajstić information content (AvgIpc) is 3.05. The van der Waals surface area contributed by atoms with Gasteiger partial charge in [0.15, 0.2) is 0 Å². The van der Waals surface area contributed by atoms with Crippen molar-refractivity contribution >= 4 is 0 Å². The standard InChI is InChI=1S/C15H30N2/c1-4-15(5-2,17-11-7-8-12-17)14(16-6-3)13-9-10-13/h13-14,16H,4-12H2,1-3H3. The van der Waals surface area contributed by atoms with Crippen molar-refractivity contribution in [3.63, 3.8) is 0 Å². The first kappa shape index (κ1) is 13.4. The molecular formula is C15H30N2. The molecule has 1 N–H and O–H groups in total. The molecule has 2 heteroatoms. The summed E-state index contributed by atoms with van der Waals surface area (Å²) in [5.41, 5.74) is 0.438. The van der Waals surface area contributed by atoms with Crippen molar-refractivity contribution in [3.8, 4) is 0 Å². The highest BCUT2D eigenvalue weighted by Gasteiger charge is 2.47. The minimum Gasteiger partial charge on any atom is -0.312 e. The first-order valence-electron chi connectivity index (χ1n) is 7.77. The van der Waals surface area contributed by atoms with Crippen LogP contribution < -0.4 is 5.32 Å². The van der Waals surface area contributed by atoms with Gasteiger partial charge in [0, 0.05) is 11.6 Å². The quantitative estimate of drug-likeness (QED) is 0.733. The molecule has 2 rings (SSSR count). The Bertz CT molecular complexity index is 225. The van der Waals surface area contributed by atoms with Crippen molar-refractivity contribution in [3.05, 3.63) is 0 Å². The van der Waals surface area contributed by atoms with Crippen molar-refractivity contribution in [2.24, 2.45) is 5.92 Å². The summed E-state index contributed by atoms with van der Waals surface area (Å²) < 4.78 is 0. The largest absolute Gasteiger partial charge is 0.312 e. The van der Waals surface area contributed by atoms with E-state index in [4.69, 9.17) is 0 Å². The molecule has 1 aliphatic heterocycles. The Morgan fingerprint density at radius 1 is 1.12 bits per heavy atom. The summed E-state index contributed by atoms with van der Waals surface area (Å²) in [5.74, 6) is 0.954. The Kier molecular flexibility index (Phi) is 4.48. The fourth-order valence-corrected chi connectivity index (χ4v) is 3.94. The van der Waals surface area contributed by atoms with Crippen LogP contribution in [0.5, 0.6) is 0 Å². The van der Waals surface area contributed by atoms with Gasteiger partial charge in [0.05, 0.1) is 0 Å². The first-order chi connectivity index (χ1) is 8.28. The summed E-state index contributed by atoms with van der Waals surface area (Å²) in [7, 11) is 0. The van der Waals surface area contributed by atoms with E-state index in [0.717, 1.165) is 18.5 Å². The minimum absolute atomic E-state index is 0.438. The molecule has 0 radical (unpaired) electrons. The third-order valence-electron chi connectivity index (χ3n) is 5.06. The summed E-state index contributed by atoms with van der Waals surface area (Å²) in [4.78, 5) is 2.80. The van der Waals surface area contributed by atoms with Gasteiger partial charge in [-0.2, -0.15) is 0 Å². The molecule has 2 fully saturated rings. The molecule has 0 amide bonds. The van der Waals surface area contributed by atoms with E-state index in [1.807, 2.05) is 0 Å². The lowest BCUT2D eigenvalue weighted by Gasteiger charge is -2.47. The predicted molar refractivity (Wildman–Crippen MR) is 74.3 cm³/mol. The van der Waals surface area contributed by atoms with Crippen molar-refractivity contribution < 1.29 is 0 Å². The molecule has 17 heavy (non-hydrogen) atoms. The second-order valence-corrected chi connectivity index (χ2v) is 5.88. The van der Waals surface area contributed by atoms with E-state index >= 15 is 0 Å². The molecular weight excluding hydrogens is 208 g/mol. The van der Waals surface area contributed by atoms with E-state index in [-0.39, 0.29) is 0 Å². The molecule has 2 nitrogen and oxygen atoms in total. The molecule has 1 saturated carbocycles. The van der Waals surface area contributed by atoms with Crippen LogP contribution in [0.1, 0.15) is 59.3 Å². The van der Waals surface area contributed by atoms with Gasteiger partial charge in [-0.3, -0.25) is 4.90 Å². The number of rotatable bonds is 7. The van der Waals surface area contributed by atoms with E-state index in [1.165, 1.54) is 51.6 Å². The minimum atomic E-state index is 0.438. The summed E-state index contributed by atoms with van der Waals surface area (Å²) in [5, 5.41) is 3.82. The SMILES string of the molecule is CCNC(C1CC1)C(CC)(CC)N1CCCC1. The molecule has 0 bridgehead atoms. The van der Waals surface area contributed by atoms with Crippen LogP contribution in [0.4, 0.5) is 0 Å². The topological polar surface area (TPSA) is 15.3 Å². The van der Waals surface area contributed by atoms with E-state index in [0.29, 0.717) is 5.54 Å². The summed E-state index contributed by atoms with van der Waals surface area (Å²) in [6.07, 6.45) is 8.33. The maximum Gasteiger partial charge on any atom is 0.0359 e. The number of hydrogen-bond donors (Lipinski definition) is 1. The molecule has 0 aromatic carbocycles. The van der Waals surface area contributed by atoms with Gasteiger partial charge in [-0.05, 0) is 64.1 Å². The van der Waals surface area contributed by atoms with E-state index in [2.05, 4.69) is 31.0 Å². The number of nitrogens with zero attached hydrogens (tertiary/aromatic N) is 1. The molecule has 0 aromatic rings. The second kappa shape index (κ2) is 5.71. The van der Waals surface area contributed by atoms with Gasteiger partial charge in [-0.15, -0.1) is 0 Å². The molecule has 2 aliphatic rings. The van der Waals surface area contributed by atoms with Crippen LogP contribution in [-0.4, -0.2) is 36.1 Å². The molecule has 100 valence electrons. The summed E-state index contributed by atoms with van der Waals surface area (Å²) >= 11 is 0. The maximum atomic E-state index is 3.82. The van der Waals surface area contributed by atoms with Gasteiger partial charge in [0.1, 0.15) is 0 Å². The van der Waals surface area contributed by atoms with Crippen molar-refractivity contribution in [1.29, 1.82) is 0 Å². The lowest BCUT2D eigenvalue weighted by Crippen LogP contribution is -2.61. The highest BCUT2D eigenvalue weighted by molar-refractivity contribution is 5.06. The molecule has 1 heterocycles. The van der Waals surface area contributed by atoms with Crippen LogP contribution in [0.25, 0.3) is 0 Å². The van der Waals surface area contributed by atoms with E-state index in [1.54, 1.807) is 0 Å². The highest BCUT2D eigenvalue weighted by atomic mass is 15.2. The average molecular weight is 238 g/mol. The molecule has 0 aromatic heterocycles. The van der Waals surface area contributed by atoms with Crippen molar-refractivity contribution in [2.45, 2.75) is 70.9 Å². The molecule has 1 atom stereocenters. The van der Waals surface area contributed by atoms with Gasteiger partial charge in [0.2, 0.25) is 0 Å². The lowest BCUT2D eigenvalue weighted by atomic mass is 9.80. The monoisotopic (exact) mass is 238 g/mol. The zero-order valence-corrected chi connectivity index (χ0v) is 12.0. The van der Waals surface area contributed by atoms with Gasteiger partial charge in [-0.25, -0.2) is 0 Å². The van der Waals surface area contributed by atoms with Gasteiger partial charge >= 0.3 is 0 Å². The Morgan fingerprint density at radius 2 is 1.71 bits per heavy atom. The number of nitrogens with one attached hydrogen (secondary N) is 1. The zero-order chi connectivity index (χ0) is 12.3. The van der Waals surface area contributed by atoms with Gasteiger partial charge in [-0.1, -0.05) is 20.8 Å². The van der Waals surface area contributed by atoms with Crippen LogP contribution in [-0.2, 0) is 0 Å². The first-order valence-corrected chi connectivity index (χ1v) is 7.77. The third-order valence-corrected chi connectivity index (χ3v) is 5.06. The summed E-state index contributed by atoms with van der Waals surface area (Å²) in [6, 6.07) is 0.737. The predicted octanol–water partition coefficient (Wildman–Crippen LogP) is 3.03. The lowest BCUT2D eigenvalue weighted by molar-refractivity contribution is 0.0540. The Labute approximate surface area is 107 Å². The second-order valence-electron chi connectivity index (χ2n) is 5.88. The normalized spacial score (nSPS) is 24.2. The third kappa shape index (κ3) is 2.53. The molecule has 1 unspecified atom stereocenters. The molecule has 1 aliphatic carbocycles. The highest BCUT2D eigenvalue weighted by Crippen LogP contribution is 2.43. The number of hydrogen-bond acceptors (Lipinski definition) is 2. The van der Waals surface area contributed by atoms with Crippen LogP contribution in [0.15, 0.2) is 0 Å². The Hall–Kier alpha value is -0.0800. The van der Waals surface area contributed by atoms with E-state index < -0.39 is 0 Å². The Morgan fingerprint density at radius 3 is 2.12 bits per heavy atom. The molecule has 1 saturated heterocycles. The van der Waals surface area contributed by atoms with Crippen LogP contribution in [0.3, 0.4) is 0 Å². The van der Waals surface area contributed by atoms with Crippen LogP contribution in [0.2, 0.25) is 0 Å². The molecule has 0 spiro atoms.